The van der Waals surface area contributed by atoms with Gasteiger partial charge in [0.1, 0.15) is 6.04 Å². The third kappa shape index (κ3) is 3.35. The largest absolute Gasteiger partial charge is 0.468 e. The average Bonchev–Trinajstić information content (AvgIpc) is 2.94. The molecule has 5 nitrogen and oxygen atoms in total. The number of nitrogens with zero attached hydrogens (tertiary/aromatic N) is 1. The molecule has 6 heteroatoms. The lowest BCUT2D eigenvalue weighted by Gasteiger charge is -2.26. The summed E-state index contributed by atoms with van der Waals surface area (Å²) in [5, 5.41) is 0. The number of sulfonamides is 1. The fourth-order valence-electron chi connectivity index (χ4n) is 3.31. The first-order chi connectivity index (χ1) is 11.0. The smallest absolute Gasteiger partial charge is 0.324 e. The maximum atomic E-state index is 13.2. The number of hydrogen-bond acceptors (Lipinski definition) is 4. The molecule has 0 bridgehead atoms. The highest BCUT2D eigenvalue weighted by Gasteiger charge is 2.41. The Morgan fingerprint density at radius 3 is 2.21 bits per heavy atom. The highest BCUT2D eigenvalue weighted by molar-refractivity contribution is 7.89. The van der Waals surface area contributed by atoms with Gasteiger partial charge in [-0.25, -0.2) is 8.42 Å². The molecule has 0 amide bonds. The molecule has 0 aromatic heterocycles. The molecule has 0 aliphatic carbocycles. The van der Waals surface area contributed by atoms with Gasteiger partial charge in [-0.15, -0.1) is 0 Å². The van der Waals surface area contributed by atoms with E-state index in [1.807, 2.05) is 26.0 Å². The number of methoxy groups -OCH3 is 1. The maximum absolute atomic E-state index is 13.2. The van der Waals surface area contributed by atoms with Gasteiger partial charge in [-0.05, 0) is 48.8 Å². The first-order valence-corrected chi connectivity index (χ1v) is 9.65. The molecule has 1 saturated heterocycles. The van der Waals surface area contributed by atoms with Crippen molar-refractivity contribution in [3.63, 3.8) is 0 Å². The van der Waals surface area contributed by atoms with E-state index in [2.05, 4.69) is 20.8 Å². The normalized spacial score (nSPS) is 19.5. The van der Waals surface area contributed by atoms with Crippen LogP contribution < -0.4 is 0 Å². The molecule has 0 spiro atoms. The van der Waals surface area contributed by atoms with E-state index in [0.29, 0.717) is 24.3 Å². The van der Waals surface area contributed by atoms with Gasteiger partial charge in [0, 0.05) is 6.54 Å². The average molecular weight is 353 g/mol. The Hall–Kier alpha value is -1.40. The van der Waals surface area contributed by atoms with Gasteiger partial charge in [-0.2, -0.15) is 4.31 Å². The molecule has 1 aliphatic rings. The molecule has 0 radical (unpaired) electrons. The van der Waals surface area contributed by atoms with Crippen LogP contribution in [0.3, 0.4) is 0 Å². The minimum Gasteiger partial charge on any atom is -0.468 e. The van der Waals surface area contributed by atoms with Crippen molar-refractivity contribution in [1.82, 2.24) is 4.31 Å². The fraction of sp³-hybridized carbons (Fsp3) is 0.611. The zero-order valence-electron chi connectivity index (χ0n) is 15.3. The SMILES string of the molecule is COC(=O)[C@@H]1CCCN1S(=O)(=O)c1c(C)cc(C(C)(C)C)cc1C. The Labute approximate surface area is 145 Å². The van der Waals surface area contributed by atoms with E-state index in [1.165, 1.54) is 11.4 Å². The Morgan fingerprint density at radius 2 is 1.75 bits per heavy atom. The fourth-order valence-corrected chi connectivity index (χ4v) is 5.37. The van der Waals surface area contributed by atoms with Gasteiger partial charge in [-0.1, -0.05) is 32.9 Å². The minimum absolute atomic E-state index is 0.0555. The molecule has 1 aromatic carbocycles. The number of carbonyl (C=O) groups is 1. The Morgan fingerprint density at radius 1 is 1.21 bits per heavy atom. The van der Waals surface area contributed by atoms with E-state index < -0.39 is 22.0 Å². The van der Waals surface area contributed by atoms with Gasteiger partial charge in [0.05, 0.1) is 12.0 Å². The molecular weight excluding hydrogens is 326 g/mol. The van der Waals surface area contributed by atoms with Crippen LogP contribution in [0.1, 0.15) is 50.3 Å². The van der Waals surface area contributed by atoms with Crippen molar-refractivity contribution in [1.29, 1.82) is 0 Å². The molecule has 0 saturated carbocycles. The van der Waals surface area contributed by atoms with Crippen LogP contribution in [0.5, 0.6) is 0 Å². The monoisotopic (exact) mass is 353 g/mol. The molecule has 134 valence electrons. The summed E-state index contributed by atoms with van der Waals surface area (Å²) in [6, 6.07) is 3.15. The zero-order chi connectivity index (χ0) is 18.3. The van der Waals surface area contributed by atoms with Crippen molar-refractivity contribution in [2.24, 2.45) is 0 Å². The number of benzene rings is 1. The summed E-state index contributed by atoms with van der Waals surface area (Å²) in [6.07, 6.45) is 1.17. The molecular formula is C18H27NO4S. The van der Waals surface area contributed by atoms with Gasteiger partial charge in [0.15, 0.2) is 0 Å². The van der Waals surface area contributed by atoms with Gasteiger partial charge in [-0.3, -0.25) is 4.79 Å². The van der Waals surface area contributed by atoms with Crippen LogP contribution >= 0.6 is 0 Å². The van der Waals surface area contributed by atoms with Gasteiger partial charge in [0.2, 0.25) is 10.0 Å². The van der Waals surface area contributed by atoms with Gasteiger partial charge >= 0.3 is 5.97 Å². The third-order valence-electron chi connectivity index (χ3n) is 4.57. The van der Waals surface area contributed by atoms with E-state index in [4.69, 9.17) is 4.74 Å². The summed E-state index contributed by atoms with van der Waals surface area (Å²) in [4.78, 5) is 12.2. The molecule has 0 unspecified atom stereocenters. The quantitative estimate of drug-likeness (QED) is 0.784. The Balaban J connectivity index is 2.52. The molecule has 1 fully saturated rings. The van der Waals surface area contributed by atoms with Crippen LogP contribution in [0.4, 0.5) is 0 Å². The lowest BCUT2D eigenvalue weighted by atomic mass is 9.85. The standard InChI is InChI=1S/C18H27NO4S/c1-12-10-14(18(3,4)5)11-13(2)16(12)24(21,22)19-9-7-8-15(19)17(20)23-6/h10-11,15H,7-9H2,1-6H3/t15-/m0/s1. The number of carbonyl (C=O) groups excluding carboxylic acids is 1. The van der Waals surface area contributed by atoms with Crippen LogP contribution in [0.25, 0.3) is 0 Å². The van der Waals surface area contributed by atoms with Crippen LogP contribution in [0.2, 0.25) is 0 Å². The highest BCUT2D eigenvalue weighted by atomic mass is 32.2. The second kappa shape index (κ2) is 6.48. The summed E-state index contributed by atoms with van der Waals surface area (Å²) in [6.45, 7) is 10.3. The molecule has 2 rings (SSSR count). The first-order valence-electron chi connectivity index (χ1n) is 8.21. The molecule has 1 atom stereocenters. The van der Waals surface area contributed by atoms with Crippen LogP contribution in [-0.4, -0.2) is 38.4 Å². The second-order valence-corrected chi connectivity index (χ2v) is 9.31. The van der Waals surface area contributed by atoms with Crippen molar-refractivity contribution in [3.05, 3.63) is 28.8 Å². The van der Waals surface area contributed by atoms with E-state index in [0.717, 1.165) is 16.7 Å². The lowest BCUT2D eigenvalue weighted by Crippen LogP contribution is -2.41. The zero-order valence-corrected chi connectivity index (χ0v) is 16.2. The number of rotatable bonds is 3. The molecule has 1 aromatic rings. The predicted molar refractivity (Wildman–Crippen MR) is 93.5 cm³/mol. The Bertz CT molecular complexity index is 724. The molecule has 1 heterocycles. The first kappa shape index (κ1) is 18.9. The summed E-state index contributed by atoms with van der Waals surface area (Å²) < 4.78 is 32.4. The van der Waals surface area contributed by atoms with Crippen molar-refractivity contribution in [3.8, 4) is 0 Å². The predicted octanol–water partition coefficient (Wildman–Crippen LogP) is 2.93. The number of hydrogen-bond donors (Lipinski definition) is 0. The van der Waals surface area contributed by atoms with Crippen molar-refractivity contribution < 1.29 is 17.9 Å². The number of ether oxygens (including phenoxy) is 1. The lowest BCUT2D eigenvalue weighted by molar-refractivity contribution is -0.144. The summed E-state index contributed by atoms with van der Waals surface area (Å²) >= 11 is 0. The number of esters is 1. The van der Waals surface area contributed by atoms with Gasteiger partial charge < -0.3 is 4.74 Å². The highest BCUT2D eigenvalue weighted by Crippen LogP contribution is 2.33. The maximum Gasteiger partial charge on any atom is 0.324 e. The van der Waals surface area contributed by atoms with E-state index in [-0.39, 0.29) is 5.41 Å². The summed E-state index contributed by atoms with van der Waals surface area (Å²) in [5.74, 6) is -0.488. The molecule has 0 N–H and O–H groups in total. The topological polar surface area (TPSA) is 63.7 Å². The van der Waals surface area contributed by atoms with Crippen molar-refractivity contribution in [2.45, 2.75) is 63.8 Å². The van der Waals surface area contributed by atoms with Crippen molar-refractivity contribution >= 4 is 16.0 Å². The van der Waals surface area contributed by atoms with Crippen LogP contribution in [0.15, 0.2) is 17.0 Å². The molecule has 24 heavy (non-hydrogen) atoms. The third-order valence-corrected chi connectivity index (χ3v) is 6.78. The van der Waals surface area contributed by atoms with Gasteiger partial charge in [0.25, 0.3) is 0 Å². The van der Waals surface area contributed by atoms with E-state index in [9.17, 15) is 13.2 Å². The van der Waals surface area contributed by atoms with Crippen LogP contribution in [0, 0.1) is 13.8 Å². The summed E-state index contributed by atoms with van der Waals surface area (Å²) in [7, 11) is -2.44. The van der Waals surface area contributed by atoms with Crippen molar-refractivity contribution in [2.75, 3.05) is 13.7 Å². The minimum atomic E-state index is -3.73. The van der Waals surface area contributed by atoms with E-state index in [1.54, 1.807) is 0 Å². The molecule has 1 aliphatic heterocycles. The summed E-state index contributed by atoms with van der Waals surface area (Å²) in [5.41, 5.74) is 2.48. The van der Waals surface area contributed by atoms with E-state index >= 15 is 0 Å². The second-order valence-electron chi connectivity index (χ2n) is 7.49. The van der Waals surface area contributed by atoms with Crippen LogP contribution in [-0.2, 0) is 25.0 Å². The number of aryl methyl sites for hydroxylation is 2. The Kier molecular flexibility index (Phi) is 5.11.